The summed E-state index contributed by atoms with van der Waals surface area (Å²) in [4.78, 5) is 0.0733. The fourth-order valence-corrected chi connectivity index (χ4v) is 4.39. The van der Waals surface area contributed by atoms with Gasteiger partial charge in [0.1, 0.15) is 4.90 Å². The Kier molecular flexibility index (Phi) is 4.67. The lowest BCUT2D eigenvalue weighted by Gasteiger charge is -2.10. The number of nitrogens with one attached hydrogen (secondary N) is 1. The number of benzene rings is 1. The number of hydrogen-bond acceptors (Lipinski definition) is 2. The van der Waals surface area contributed by atoms with Crippen molar-refractivity contribution in [1.29, 1.82) is 0 Å². The third-order valence-electron chi connectivity index (χ3n) is 2.52. The molecule has 0 radical (unpaired) electrons. The average molecular weight is 364 g/mol. The molecule has 102 valence electrons. The topological polar surface area (TPSA) is 51.1 Å². The Morgan fingerprint density at radius 3 is 2.53 bits per heavy atom. The zero-order chi connectivity index (χ0) is 13.9. The fraction of sp³-hybridized carbons (Fsp3) is 0.167. The monoisotopic (exact) mass is 362 g/mol. The molecule has 0 spiro atoms. The minimum atomic E-state index is -3.62. The van der Waals surface area contributed by atoms with E-state index in [4.69, 9.17) is 11.6 Å². The molecule has 19 heavy (non-hydrogen) atoms. The zero-order valence-corrected chi connectivity index (χ0v) is 13.0. The van der Waals surface area contributed by atoms with Crippen LogP contribution in [-0.4, -0.2) is 19.5 Å². The maximum atomic E-state index is 12.2. The third-order valence-corrected chi connectivity index (χ3v) is 5.43. The van der Waals surface area contributed by atoms with Crippen LogP contribution in [0, 0.1) is 0 Å². The first-order valence-corrected chi connectivity index (χ1v) is 8.20. The van der Waals surface area contributed by atoms with Gasteiger partial charge in [-0.05, 0) is 40.2 Å². The van der Waals surface area contributed by atoms with Crippen molar-refractivity contribution in [2.24, 2.45) is 0 Å². The van der Waals surface area contributed by atoms with Gasteiger partial charge in [0, 0.05) is 30.0 Å². The Bertz CT molecular complexity index is 636. The van der Waals surface area contributed by atoms with Gasteiger partial charge < -0.3 is 4.57 Å². The highest BCUT2D eigenvalue weighted by Crippen LogP contribution is 2.28. The quantitative estimate of drug-likeness (QED) is 0.888. The van der Waals surface area contributed by atoms with Gasteiger partial charge in [-0.1, -0.05) is 17.7 Å². The summed E-state index contributed by atoms with van der Waals surface area (Å²) in [7, 11) is -3.62. The van der Waals surface area contributed by atoms with E-state index < -0.39 is 10.0 Å². The summed E-state index contributed by atoms with van der Waals surface area (Å²) in [6, 6.07) is 8.66. The van der Waals surface area contributed by atoms with Crippen molar-refractivity contribution in [2.75, 3.05) is 6.54 Å². The summed E-state index contributed by atoms with van der Waals surface area (Å²) < 4.78 is 29.2. The minimum Gasteiger partial charge on any atom is -0.353 e. The first kappa shape index (κ1) is 14.6. The molecule has 1 aromatic carbocycles. The largest absolute Gasteiger partial charge is 0.353 e. The molecule has 0 aliphatic heterocycles. The van der Waals surface area contributed by atoms with Gasteiger partial charge in [-0.15, -0.1) is 0 Å². The molecule has 0 atom stereocenters. The number of halogens is 2. The Labute approximate surface area is 125 Å². The molecular weight excluding hydrogens is 352 g/mol. The van der Waals surface area contributed by atoms with Crippen molar-refractivity contribution in [2.45, 2.75) is 11.4 Å². The van der Waals surface area contributed by atoms with Crippen molar-refractivity contribution in [1.82, 2.24) is 9.29 Å². The number of rotatable bonds is 5. The molecule has 0 saturated carbocycles. The van der Waals surface area contributed by atoms with Crippen LogP contribution in [-0.2, 0) is 16.6 Å². The molecule has 0 aliphatic rings. The zero-order valence-electron chi connectivity index (χ0n) is 9.88. The van der Waals surface area contributed by atoms with Crippen molar-refractivity contribution < 1.29 is 8.42 Å². The van der Waals surface area contributed by atoms with Crippen molar-refractivity contribution in [3.63, 3.8) is 0 Å². The van der Waals surface area contributed by atoms with Crippen LogP contribution in [0.2, 0.25) is 5.02 Å². The van der Waals surface area contributed by atoms with E-state index in [-0.39, 0.29) is 9.92 Å². The second-order valence-corrected chi connectivity index (χ2v) is 6.83. The molecular formula is C12H12BrClN2O2S. The first-order chi connectivity index (χ1) is 9.00. The van der Waals surface area contributed by atoms with Crippen LogP contribution < -0.4 is 4.72 Å². The molecule has 0 bridgehead atoms. The van der Waals surface area contributed by atoms with Crippen LogP contribution in [0.5, 0.6) is 0 Å². The summed E-state index contributed by atoms with van der Waals surface area (Å²) in [5, 5.41) is 0.197. The lowest BCUT2D eigenvalue weighted by Crippen LogP contribution is -2.27. The van der Waals surface area contributed by atoms with E-state index in [9.17, 15) is 8.42 Å². The summed E-state index contributed by atoms with van der Waals surface area (Å²) in [5.41, 5.74) is 0. The summed E-state index contributed by atoms with van der Waals surface area (Å²) in [5.74, 6) is 0. The van der Waals surface area contributed by atoms with E-state index in [0.29, 0.717) is 17.6 Å². The van der Waals surface area contributed by atoms with Crippen LogP contribution >= 0.6 is 27.5 Å². The summed E-state index contributed by atoms with van der Waals surface area (Å²) >= 11 is 9.14. The van der Waals surface area contributed by atoms with Gasteiger partial charge in [0.05, 0.1) is 5.02 Å². The van der Waals surface area contributed by atoms with E-state index in [1.807, 2.05) is 29.1 Å². The SMILES string of the molecule is O=S(=O)(NCCn1cccc1)c1c(Cl)cccc1Br. The van der Waals surface area contributed by atoms with E-state index in [1.54, 1.807) is 18.2 Å². The Morgan fingerprint density at radius 1 is 1.21 bits per heavy atom. The van der Waals surface area contributed by atoms with E-state index in [2.05, 4.69) is 20.7 Å². The van der Waals surface area contributed by atoms with Gasteiger partial charge in [0.15, 0.2) is 0 Å². The average Bonchev–Trinajstić information content (AvgIpc) is 2.81. The normalized spacial score (nSPS) is 11.7. The van der Waals surface area contributed by atoms with E-state index in [1.165, 1.54) is 0 Å². The minimum absolute atomic E-state index is 0.0733. The lowest BCUT2D eigenvalue weighted by atomic mass is 10.4. The van der Waals surface area contributed by atoms with Crippen LogP contribution in [0.3, 0.4) is 0 Å². The highest BCUT2D eigenvalue weighted by atomic mass is 79.9. The standard InChI is InChI=1S/C12H12BrClN2O2S/c13-10-4-3-5-11(14)12(10)19(17,18)15-6-9-16-7-1-2-8-16/h1-5,7-8,15H,6,9H2. The summed E-state index contributed by atoms with van der Waals surface area (Å²) in [6.45, 7) is 0.864. The molecule has 0 fully saturated rings. The van der Waals surface area contributed by atoms with Gasteiger partial charge in [0.25, 0.3) is 0 Å². The lowest BCUT2D eigenvalue weighted by molar-refractivity contribution is 0.573. The van der Waals surface area contributed by atoms with Gasteiger partial charge in [-0.3, -0.25) is 0 Å². The predicted molar refractivity (Wildman–Crippen MR) is 78.8 cm³/mol. The third kappa shape index (κ3) is 3.60. The second-order valence-electron chi connectivity index (χ2n) is 3.87. The number of nitrogens with zero attached hydrogens (tertiary/aromatic N) is 1. The van der Waals surface area contributed by atoms with E-state index in [0.717, 1.165) is 0 Å². The van der Waals surface area contributed by atoms with Crippen molar-refractivity contribution in [3.8, 4) is 0 Å². The number of hydrogen-bond donors (Lipinski definition) is 1. The fourth-order valence-electron chi connectivity index (χ4n) is 1.64. The maximum Gasteiger partial charge on any atom is 0.243 e. The molecule has 1 N–H and O–H groups in total. The molecule has 0 saturated heterocycles. The van der Waals surface area contributed by atoms with Crippen LogP contribution in [0.15, 0.2) is 52.1 Å². The van der Waals surface area contributed by atoms with Gasteiger partial charge in [0.2, 0.25) is 10.0 Å². The van der Waals surface area contributed by atoms with Gasteiger partial charge >= 0.3 is 0 Å². The number of sulfonamides is 1. The maximum absolute atomic E-state index is 12.2. The van der Waals surface area contributed by atoms with Crippen LogP contribution in [0.1, 0.15) is 0 Å². The molecule has 1 heterocycles. The molecule has 0 unspecified atom stereocenters. The molecule has 0 aliphatic carbocycles. The first-order valence-electron chi connectivity index (χ1n) is 5.55. The molecule has 7 heteroatoms. The summed E-state index contributed by atoms with van der Waals surface area (Å²) in [6.07, 6.45) is 3.75. The van der Waals surface area contributed by atoms with Crippen LogP contribution in [0.25, 0.3) is 0 Å². The second kappa shape index (κ2) is 6.09. The predicted octanol–water partition coefficient (Wildman–Crippen LogP) is 2.88. The molecule has 2 aromatic rings. The van der Waals surface area contributed by atoms with Gasteiger partial charge in [-0.25, -0.2) is 13.1 Å². The Balaban J connectivity index is 2.10. The molecule has 1 aromatic heterocycles. The van der Waals surface area contributed by atoms with E-state index >= 15 is 0 Å². The highest BCUT2D eigenvalue weighted by molar-refractivity contribution is 9.10. The molecule has 4 nitrogen and oxygen atoms in total. The van der Waals surface area contributed by atoms with Crippen LogP contribution in [0.4, 0.5) is 0 Å². The smallest absolute Gasteiger partial charge is 0.243 e. The highest BCUT2D eigenvalue weighted by Gasteiger charge is 2.20. The van der Waals surface area contributed by atoms with Crippen molar-refractivity contribution >= 4 is 37.6 Å². The number of aromatic nitrogens is 1. The molecule has 2 rings (SSSR count). The van der Waals surface area contributed by atoms with Gasteiger partial charge in [-0.2, -0.15) is 0 Å². The Morgan fingerprint density at radius 2 is 1.89 bits per heavy atom. The molecule has 0 amide bonds. The van der Waals surface area contributed by atoms with Crippen molar-refractivity contribution in [3.05, 3.63) is 52.2 Å². The Hall–Kier alpha value is -0.820.